The summed E-state index contributed by atoms with van der Waals surface area (Å²) in [5, 5.41) is 7.10. The number of H-pyrrole nitrogens is 1. The maximum Gasteiger partial charge on any atom is 0.422 e. The van der Waals surface area contributed by atoms with Crippen LogP contribution in [0.5, 0.6) is 5.75 Å². The molecule has 23 heavy (non-hydrogen) atoms. The minimum atomic E-state index is -4.36. The van der Waals surface area contributed by atoms with E-state index in [4.69, 9.17) is 4.74 Å². The average Bonchev–Trinajstić information content (AvgIpc) is 3.19. The molecule has 124 valence electrons. The first-order valence-electron chi connectivity index (χ1n) is 7.58. The smallest absolute Gasteiger partial charge is 0.422 e. The van der Waals surface area contributed by atoms with Gasteiger partial charge in [-0.15, -0.1) is 0 Å². The molecule has 1 fully saturated rings. The molecule has 1 aliphatic carbocycles. The topological polar surface area (TPSA) is 50.8 Å². The van der Waals surface area contributed by atoms with Gasteiger partial charge in [-0.1, -0.05) is 13.8 Å². The molecule has 3 rings (SSSR count). The molecule has 4 nitrogen and oxygen atoms in total. The first-order valence-corrected chi connectivity index (χ1v) is 7.58. The van der Waals surface area contributed by atoms with Gasteiger partial charge in [-0.25, -0.2) is 0 Å². The third-order valence-electron chi connectivity index (χ3n) is 3.79. The van der Waals surface area contributed by atoms with E-state index in [0.717, 1.165) is 24.1 Å². The summed E-state index contributed by atoms with van der Waals surface area (Å²) in [5.41, 5.74) is 2.81. The molecule has 2 aromatic heterocycles. The van der Waals surface area contributed by atoms with Gasteiger partial charge in [0.15, 0.2) is 6.61 Å². The number of halogens is 3. The first-order chi connectivity index (χ1) is 10.8. The Hall–Kier alpha value is -2.05. The van der Waals surface area contributed by atoms with Crippen LogP contribution in [0, 0.1) is 0 Å². The van der Waals surface area contributed by atoms with Crippen LogP contribution in [0.3, 0.4) is 0 Å². The maximum absolute atomic E-state index is 12.4. The third-order valence-corrected chi connectivity index (χ3v) is 3.79. The van der Waals surface area contributed by atoms with Crippen molar-refractivity contribution in [2.24, 2.45) is 0 Å². The van der Waals surface area contributed by atoms with Gasteiger partial charge in [0, 0.05) is 23.5 Å². The summed E-state index contributed by atoms with van der Waals surface area (Å²) in [7, 11) is 0. The zero-order valence-corrected chi connectivity index (χ0v) is 12.9. The lowest BCUT2D eigenvalue weighted by molar-refractivity contribution is -0.153. The van der Waals surface area contributed by atoms with E-state index in [1.54, 1.807) is 12.3 Å². The van der Waals surface area contributed by atoms with E-state index in [1.165, 1.54) is 0 Å². The molecule has 0 atom stereocenters. The lowest BCUT2D eigenvalue weighted by atomic mass is 10.1. The van der Waals surface area contributed by atoms with E-state index < -0.39 is 12.8 Å². The second-order valence-corrected chi connectivity index (χ2v) is 6.15. The highest BCUT2D eigenvalue weighted by Crippen LogP contribution is 2.45. The molecule has 0 aromatic carbocycles. The predicted molar refractivity (Wildman–Crippen MR) is 79.4 cm³/mol. The normalized spacial score (nSPS) is 15.2. The van der Waals surface area contributed by atoms with Crippen molar-refractivity contribution in [2.45, 2.75) is 44.7 Å². The summed E-state index contributed by atoms with van der Waals surface area (Å²) in [6.45, 7) is 2.76. The van der Waals surface area contributed by atoms with Crippen LogP contribution in [0.2, 0.25) is 0 Å². The SMILES string of the molecule is CC(C)c1cc(-c2cc(OCC(F)(F)F)c(C3CC3)cn2)n[nH]1. The van der Waals surface area contributed by atoms with Crippen LogP contribution in [0.1, 0.15) is 49.8 Å². The molecular weight excluding hydrogens is 307 g/mol. The standard InChI is InChI=1S/C16H18F3N3O/c1-9(2)12-5-14(22-21-12)13-6-15(23-8-16(17,18)19)11(7-20-13)10-3-4-10/h5-7,9-10H,3-4,8H2,1-2H3,(H,21,22). The summed E-state index contributed by atoms with van der Waals surface area (Å²) in [6.07, 6.45) is -0.823. The van der Waals surface area contributed by atoms with Crippen LogP contribution in [0.25, 0.3) is 11.4 Å². The highest BCUT2D eigenvalue weighted by Gasteiger charge is 2.32. The van der Waals surface area contributed by atoms with Crippen molar-refractivity contribution in [1.82, 2.24) is 15.2 Å². The first kappa shape index (κ1) is 15.8. The molecule has 0 radical (unpaired) electrons. The Morgan fingerprint density at radius 2 is 2.00 bits per heavy atom. The highest BCUT2D eigenvalue weighted by atomic mass is 19.4. The Labute approximate surface area is 132 Å². The van der Waals surface area contributed by atoms with Crippen LogP contribution in [-0.4, -0.2) is 28.0 Å². The summed E-state index contributed by atoms with van der Waals surface area (Å²) in [5.74, 6) is 0.789. The van der Waals surface area contributed by atoms with Crippen LogP contribution < -0.4 is 4.74 Å². The zero-order valence-electron chi connectivity index (χ0n) is 12.9. The van der Waals surface area contributed by atoms with Gasteiger partial charge in [-0.05, 0) is 30.7 Å². The Morgan fingerprint density at radius 1 is 1.26 bits per heavy atom. The monoisotopic (exact) mass is 325 g/mol. The van der Waals surface area contributed by atoms with Gasteiger partial charge >= 0.3 is 6.18 Å². The molecule has 0 spiro atoms. The fourth-order valence-corrected chi connectivity index (χ4v) is 2.34. The van der Waals surface area contributed by atoms with Gasteiger partial charge in [0.05, 0.1) is 5.69 Å². The van der Waals surface area contributed by atoms with Gasteiger partial charge < -0.3 is 4.74 Å². The van der Waals surface area contributed by atoms with Crippen LogP contribution >= 0.6 is 0 Å². The van der Waals surface area contributed by atoms with Crippen molar-refractivity contribution in [2.75, 3.05) is 6.61 Å². The zero-order chi connectivity index (χ0) is 16.6. The molecule has 2 heterocycles. The lowest BCUT2D eigenvalue weighted by Gasteiger charge is -2.13. The van der Waals surface area contributed by atoms with Crippen molar-refractivity contribution in [1.29, 1.82) is 0 Å². The number of pyridine rings is 1. The van der Waals surface area contributed by atoms with E-state index in [9.17, 15) is 13.2 Å². The van der Waals surface area contributed by atoms with E-state index in [0.29, 0.717) is 11.4 Å². The molecule has 0 bridgehead atoms. The number of hydrogen-bond acceptors (Lipinski definition) is 3. The Balaban J connectivity index is 1.89. The summed E-state index contributed by atoms with van der Waals surface area (Å²) in [6, 6.07) is 3.41. The van der Waals surface area contributed by atoms with Gasteiger partial charge in [0.25, 0.3) is 0 Å². The fourth-order valence-electron chi connectivity index (χ4n) is 2.34. The summed E-state index contributed by atoms with van der Waals surface area (Å²) >= 11 is 0. The number of aromatic amines is 1. The minimum absolute atomic E-state index is 0.254. The number of rotatable bonds is 5. The molecule has 2 aromatic rings. The van der Waals surface area contributed by atoms with E-state index in [2.05, 4.69) is 15.2 Å². The van der Waals surface area contributed by atoms with Crippen molar-refractivity contribution in [3.05, 3.63) is 29.6 Å². The summed E-state index contributed by atoms with van der Waals surface area (Å²) in [4.78, 5) is 4.34. The Bertz CT molecular complexity index is 690. The van der Waals surface area contributed by atoms with Gasteiger partial charge in [-0.3, -0.25) is 10.1 Å². The number of nitrogens with zero attached hydrogens (tertiary/aromatic N) is 2. The second-order valence-electron chi connectivity index (χ2n) is 6.15. The number of alkyl halides is 3. The molecule has 0 aliphatic heterocycles. The molecule has 1 aliphatic rings. The van der Waals surface area contributed by atoms with E-state index in [-0.39, 0.29) is 17.6 Å². The second kappa shape index (κ2) is 5.86. The maximum atomic E-state index is 12.4. The van der Waals surface area contributed by atoms with Gasteiger partial charge in [-0.2, -0.15) is 18.3 Å². The average molecular weight is 325 g/mol. The number of ether oxygens (including phenoxy) is 1. The van der Waals surface area contributed by atoms with E-state index >= 15 is 0 Å². The number of aromatic nitrogens is 3. The summed E-state index contributed by atoms with van der Waals surface area (Å²) < 4.78 is 42.4. The third kappa shape index (κ3) is 3.83. The molecular formula is C16H18F3N3O. The molecule has 7 heteroatoms. The molecule has 0 amide bonds. The Kier molecular flexibility index (Phi) is 4.04. The quantitative estimate of drug-likeness (QED) is 0.885. The Morgan fingerprint density at radius 3 is 2.57 bits per heavy atom. The molecule has 1 N–H and O–H groups in total. The van der Waals surface area contributed by atoms with Crippen LogP contribution in [0.15, 0.2) is 18.3 Å². The predicted octanol–water partition coefficient (Wildman–Crippen LogP) is 4.41. The minimum Gasteiger partial charge on any atom is -0.484 e. The molecule has 0 saturated heterocycles. The fraction of sp³-hybridized carbons (Fsp3) is 0.500. The lowest BCUT2D eigenvalue weighted by Crippen LogP contribution is -2.19. The molecule has 1 saturated carbocycles. The largest absolute Gasteiger partial charge is 0.484 e. The van der Waals surface area contributed by atoms with Crippen LogP contribution in [0.4, 0.5) is 13.2 Å². The van der Waals surface area contributed by atoms with Crippen molar-refractivity contribution in [3.8, 4) is 17.1 Å². The number of hydrogen-bond donors (Lipinski definition) is 1. The van der Waals surface area contributed by atoms with Crippen LogP contribution in [-0.2, 0) is 0 Å². The highest BCUT2D eigenvalue weighted by molar-refractivity contribution is 5.58. The van der Waals surface area contributed by atoms with Crippen molar-refractivity contribution >= 4 is 0 Å². The van der Waals surface area contributed by atoms with Crippen molar-refractivity contribution in [3.63, 3.8) is 0 Å². The van der Waals surface area contributed by atoms with Crippen molar-refractivity contribution < 1.29 is 17.9 Å². The van der Waals surface area contributed by atoms with E-state index in [1.807, 2.05) is 19.9 Å². The number of nitrogens with one attached hydrogen (secondary N) is 1. The molecule has 0 unspecified atom stereocenters. The van der Waals surface area contributed by atoms with Gasteiger partial charge in [0.1, 0.15) is 11.4 Å². The van der Waals surface area contributed by atoms with Gasteiger partial charge in [0.2, 0.25) is 0 Å².